The van der Waals surface area contributed by atoms with Gasteiger partial charge in [-0.05, 0) is 48.1 Å². The SMILES string of the molecule is CSc1ccccc1NC(=O)N1CCc2ccc(O)cc2C1. The molecule has 2 amide bonds. The summed E-state index contributed by atoms with van der Waals surface area (Å²) >= 11 is 1.61. The number of carbonyl (C=O) groups excluding carboxylic acids is 1. The Labute approximate surface area is 134 Å². The van der Waals surface area contributed by atoms with Gasteiger partial charge in [-0.2, -0.15) is 0 Å². The third-order valence-corrected chi connectivity index (χ3v) is 4.63. The molecule has 0 aliphatic carbocycles. The van der Waals surface area contributed by atoms with Gasteiger partial charge in [0.05, 0.1) is 5.69 Å². The number of para-hydroxylation sites is 1. The highest BCUT2D eigenvalue weighted by molar-refractivity contribution is 7.98. The lowest BCUT2D eigenvalue weighted by atomic mass is 10.00. The van der Waals surface area contributed by atoms with Crippen molar-refractivity contribution in [2.24, 2.45) is 0 Å². The third-order valence-electron chi connectivity index (χ3n) is 3.84. The Bertz CT molecular complexity index is 703. The Morgan fingerprint density at radius 1 is 1.23 bits per heavy atom. The number of hydrogen-bond donors (Lipinski definition) is 2. The van der Waals surface area contributed by atoms with Gasteiger partial charge in [0.1, 0.15) is 5.75 Å². The van der Waals surface area contributed by atoms with E-state index in [1.54, 1.807) is 28.8 Å². The van der Waals surface area contributed by atoms with Crippen molar-refractivity contribution in [3.8, 4) is 5.75 Å². The molecule has 1 aliphatic heterocycles. The molecule has 0 radical (unpaired) electrons. The minimum atomic E-state index is -0.101. The minimum absolute atomic E-state index is 0.101. The van der Waals surface area contributed by atoms with Gasteiger partial charge in [0.25, 0.3) is 0 Å². The van der Waals surface area contributed by atoms with Crippen LogP contribution in [0, 0.1) is 0 Å². The number of benzene rings is 2. The van der Waals surface area contributed by atoms with E-state index in [0.717, 1.165) is 22.6 Å². The zero-order chi connectivity index (χ0) is 15.5. The summed E-state index contributed by atoms with van der Waals surface area (Å²) < 4.78 is 0. The first-order chi connectivity index (χ1) is 10.7. The highest BCUT2D eigenvalue weighted by atomic mass is 32.2. The maximum absolute atomic E-state index is 12.5. The van der Waals surface area contributed by atoms with Crippen LogP contribution in [0.3, 0.4) is 0 Å². The summed E-state index contributed by atoms with van der Waals surface area (Å²) in [6.07, 6.45) is 2.80. The second-order valence-corrected chi connectivity index (χ2v) is 6.10. The van der Waals surface area contributed by atoms with E-state index in [1.807, 2.05) is 36.6 Å². The normalized spacial score (nSPS) is 13.6. The summed E-state index contributed by atoms with van der Waals surface area (Å²) in [5.41, 5.74) is 3.05. The van der Waals surface area contributed by atoms with Crippen molar-refractivity contribution >= 4 is 23.5 Å². The fourth-order valence-corrected chi connectivity index (χ4v) is 3.21. The van der Waals surface area contributed by atoms with Crippen molar-refractivity contribution in [3.05, 3.63) is 53.6 Å². The van der Waals surface area contributed by atoms with Gasteiger partial charge in [0.15, 0.2) is 0 Å². The smallest absolute Gasteiger partial charge is 0.322 e. The number of phenolic OH excluding ortho intramolecular Hbond substituents is 1. The van der Waals surface area contributed by atoms with Gasteiger partial charge < -0.3 is 15.3 Å². The molecule has 3 rings (SSSR count). The fourth-order valence-electron chi connectivity index (χ4n) is 2.66. The average molecular weight is 314 g/mol. The largest absolute Gasteiger partial charge is 0.508 e. The first-order valence-corrected chi connectivity index (χ1v) is 8.39. The summed E-state index contributed by atoms with van der Waals surface area (Å²) in [5.74, 6) is 0.244. The van der Waals surface area contributed by atoms with E-state index in [0.29, 0.717) is 13.1 Å². The van der Waals surface area contributed by atoms with Crippen molar-refractivity contribution in [2.45, 2.75) is 17.9 Å². The van der Waals surface area contributed by atoms with Crippen LogP contribution >= 0.6 is 11.8 Å². The summed E-state index contributed by atoms with van der Waals surface area (Å²) in [5, 5.41) is 12.6. The van der Waals surface area contributed by atoms with Crippen LogP contribution in [0.4, 0.5) is 10.5 Å². The third kappa shape index (κ3) is 3.04. The summed E-state index contributed by atoms with van der Waals surface area (Å²) in [6, 6.07) is 13.0. The summed E-state index contributed by atoms with van der Waals surface area (Å²) in [7, 11) is 0. The molecule has 5 heteroatoms. The summed E-state index contributed by atoms with van der Waals surface area (Å²) in [4.78, 5) is 15.3. The Morgan fingerprint density at radius 3 is 2.86 bits per heavy atom. The lowest BCUT2D eigenvalue weighted by molar-refractivity contribution is 0.206. The predicted molar refractivity (Wildman–Crippen MR) is 89.5 cm³/mol. The molecule has 0 bridgehead atoms. The number of fused-ring (bicyclic) bond motifs is 1. The van der Waals surface area contributed by atoms with Crippen molar-refractivity contribution < 1.29 is 9.90 Å². The van der Waals surface area contributed by atoms with Gasteiger partial charge in [0.2, 0.25) is 0 Å². The van der Waals surface area contributed by atoms with E-state index in [2.05, 4.69) is 5.32 Å². The lowest BCUT2D eigenvalue weighted by Gasteiger charge is -2.29. The van der Waals surface area contributed by atoms with E-state index in [9.17, 15) is 9.90 Å². The maximum atomic E-state index is 12.5. The van der Waals surface area contributed by atoms with E-state index >= 15 is 0 Å². The van der Waals surface area contributed by atoms with Crippen LogP contribution in [0.1, 0.15) is 11.1 Å². The molecule has 1 aliphatic rings. The first-order valence-electron chi connectivity index (χ1n) is 7.17. The molecule has 114 valence electrons. The molecule has 22 heavy (non-hydrogen) atoms. The highest BCUT2D eigenvalue weighted by Gasteiger charge is 2.21. The zero-order valence-corrected chi connectivity index (χ0v) is 13.2. The first kappa shape index (κ1) is 14.8. The minimum Gasteiger partial charge on any atom is -0.508 e. The van der Waals surface area contributed by atoms with Crippen LogP contribution in [-0.2, 0) is 13.0 Å². The number of nitrogens with one attached hydrogen (secondary N) is 1. The standard InChI is InChI=1S/C17H18N2O2S/c1-22-16-5-3-2-4-15(16)18-17(21)19-9-8-12-6-7-14(20)10-13(12)11-19/h2-7,10,20H,8-9,11H2,1H3,(H,18,21). The fraction of sp³-hybridized carbons (Fsp3) is 0.235. The van der Waals surface area contributed by atoms with Gasteiger partial charge in [-0.15, -0.1) is 11.8 Å². The van der Waals surface area contributed by atoms with Crippen molar-refractivity contribution in [1.29, 1.82) is 0 Å². The van der Waals surface area contributed by atoms with Crippen LogP contribution in [0.2, 0.25) is 0 Å². The van der Waals surface area contributed by atoms with Crippen molar-refractivity contribution in [2.75, 3.05) is 18.1 Å². The van der Waals surface area contributed by atoms with Crippen molar-refractivity contribution in [1.82, 2.24) is 4.90 Å². The van der Waals surface area contributed by atoms with E-state index in [4.69, 9.17) is 0 Å². The number of phenols is 1. The number of nitrogens with zero attached hydrogens (tertiary/aromatic N) is 1. The second-order valence-electron chi connectivity index (χ2n) is 5.26. The molecule has 0 saturated carbocycles. The number of aromatic hydroxyl groups is 1. The number of carbonyl (C=O) groups is 1. The molecule has 2 aromatic rings. The van der Waals surface area contributed by atoms with Crippen molar-refractivity contribution in [3.63, 3.8) is 0 Å². The Balaban J connectivity index is 1.74. The van der Waals surface area contributed by atoms with Crippen LogP contribution in [0.25, 0.3) is 0 Å². The molecular weight excluding hydrogens is 296 g/mol. The van der Waals surface area contributed by atoms with Crippen LogP contribution in [-0.4, -0.2) is 28.8 Å². The molecular formula is C17H18N2O2S. The van der Waals surface area contributed by atoms with Gasteiger partial charge in [0, 0.05) is 18.0 Å². The van der Waals surface area contributed by atoms with E-state index < -0.39 is 0 Å². The molecule has 0 fully saturated rings. The number of thioether (sulfide) groups is 1. The lowest BCUT2D eigenvalue weighted by Crippen LogP contribution is -2.38. The second kappa shape index (κ2) is 6.32. The molecule has 0 atom stereocenters. The van der Waals surface area contributed by atoms with E-state index in [1.165, 1.54) is 5.56 Å². The Morgan fingerprint density at radius 2 is 2.05 bits per heavy atom. The molecule has 0 aromatic heterocycles. The molecule has 0 saturated heterocycles. The van der Waals surface area contributed by atoms with Gasteiger partial charge in [-0.1, -0.05) is 18.2 Å². The Hall–Kier alpha value is -2.14. The summed E-state index contributed by atoms with van der Waals surface area (Å²) in [6.45, 7) is 1.21. The molecule has 0 unspecified atom stereocenters. The number of anilines is 1. The van der Waals surface area contributed by atoms with Gasteiger partial charge >= 0.3 is 6.03 Å². The predicted octanol–water partition coefficient (Wildman–Crippen LogP) is 3.70. The quantitative estimate of drug-likeness (QED) is 0.831. The van der Waals surface area contributed by atoms with Gasteiger partial charge in [-0.25, -0.2) is 4.79 Å². The monoisotopic (exact) mass is 314 g/mol. The molecule has 1 heterocycles. The molecule has 2 aromatic carbocycles. The van der Waals surface area contributed by atoms with E-state index in [-0.39, 0.29) is 11.8 Å². The molecule has 0 spiro atoms. The van der Waals surface area contributed by atoms with Crippen LogP contribution < -0.4 is 5.32 Å². The van der Waals surface area contributed by atoms with Crippen LogP contribution in [0.5, 0.6) is 5.75 Å². The maximum Gasteiger partial charge on any atom is 0.322 e. The van der Waals surface area contributed by atoms with Crippen LogP contribution in [0.15, 0.2) is 47.4 Å². The molecule has 2 N–H and O–H groups in total. The number of rotatable bonds is 2. The number of hydrogen-bond acceptors (Lipinski definition) is 3. The Kier molecular flexibility index (Phi) is 4.24. The van der Waals surface area contributed by atoms with Gasteiger partial charge in [-0.3, -0.25) is 0 Å². The zero-order valence-electron chi connectivity index (χ0n) is 12.4. The molecule has 4 nitrogen and oxygen atoms in total. The number of amides is 2. The topological polar surface area (TPSA) is 52.6 Å². The number of urea groups is 1. The highest BCUT2D eigenvalue weighted by Crippen LogP contribution is 2.27. The average Bonchev–Trinajstić information content (AvgIpc) is 2.54.